The Morgan fingerprint density at radius 2 is 1.90 bits per heavy atom. The summed E-state index contributed by atoms with van der Waals surface area (Å²) in [6, 6.07) is 4.05. The maximum atomic E-state index is 12.7. The second kappa shape index (κ2) is 8.09. The van der Waals surface area contributed by atoms with Crippen molar-refractivity contribution in [2.45, 2.75) is 40.2 Å². The van der Waals surface area contributed by atoms with Gasteiger partial charge in [0, 0.05) is 6.54 Å². The highest BCUT2D eigenvalue weighted by Crippen LogP contribution is 2.42. The largest absolute Gasteiger partial charge is 0.493 e. The number of aryl methyl sites for hydroxylation is 2. The lowest BCUT2D eigenvalue weighted by Crippen LogP contribution is -2.35. The number of ether oxygens (including phenoxy) is 3. The second-order valence-corrected chi connectivity index (χ2v) is 7.55. The Morgan fingerprint density at radius 3 is 2.58 bits per heavy atom. The lowest BCUT2D eigenvalue weighted by molar-refractivity contribution is 0.0526. The van der Waals surface area contributed by atoms with Gasteiger partial charge in [0.15, 0.2) is 11.5 Å². The van der Waals surface area contributed by atoms with Crippen LogP contribution in [0, 0.1) is 13.8 Å². The highest BCUT2D eigenvalue weighted by atomic mass is 16.5. The molecule has 164 valence electrons. The van der Waals surface area contributed by atoms with Crippen LogP contribution >= 0.6 is 0 Å². The summed E-state index contributed by atoms with van der Waals surface area (Å²) in [6.45, 7) is 8.47. The first kappa shape index (κ1) is 21.0. The maximum Gasteiger partial charge on any atom is 0.342 e. The molecule has 4 rings (SSSR count). The Morgan fingerprint density at radius 1 is 1.19 bits per heavy atom. The summed E-state index contributed by atoms with van der Waals surface area (Å²) in [6.07, 6.45) is 0.802. The van der Waals surface area contributed by atoms with Crippen molar-refractivity contribution in [3.63, 3.8) is 0 Å². The average Bonchev–Trinajstić information content (AvgIpc) is 3.08. The maximum absolute atomic E-state index is 12.7. The molecule has 0 saturated heterocycles. The Balaban J connectivity index is 1.87. The molecular formula is C23H27N3O5. The summed E-state index contributed by atoms with van der Waals surface area (Å²) in [7, 11) is 3.27. The number of fused-ring (bicyclic) bond motifs is 2. The van der Waals surface area contributed by atoms with Gasteiger partial charge in [0.25, 0.3) is 0 Å². The number of carbonyl (C=O) groups is 1. The van der Waals surface area contributed by atoms with Crippen LogP contribution < -0.4 is 14.4 Å². The molecule has 0 fully saturated rings. The molecule has 0 bridgehead atoms. The second-order valence-electron chi connectivity index (χ2n) is 7.55. The first-order valence-corrected chi connectivity index (χ1v) is 10.4. The van der Waals surface area contributed by atoms with E-state index in [1.54, 1.807) is 28.1 Å². The van der Waals surface area contributed by atoms with E-state index in [0.717, 1.165) is 24.3 Å². The molecule has 3 aromatic rings. The van der Waals surface area contributed by atoms with Gasteiger partial charge in [-0.3, -0.25) is 0 Å². The fourth-order valence-corrected chi connectivity index (χ4v) is 4.29. The molecule has 1 aliphatic rings. The van der Waals surface area contributed by atoms with Gasteiger partial charge in [0.05, 0.1) is 32.3 Å². The minimum Gasteiger partial charge on any atom is -0.493 e. The Labute approximate surface area is 181 Å². The van der Waals surface area contributed by atoms with Gasteiger partial charge in [0.1, 0.15) is 23.0 Å². The number of carbonyl (C=O) groups excluding carboxylic acids is 1. The molecule has 0 unspecified atom stereocenters. The summed E-state index contributed by atoms with van der Waals surface area (Å²) < 4.78 is 22.1. The van der Waals surface area contributed by atoms with E-state index in [1.807, 2.05) is 19.1 Å². The summed E-state index contributed by atoms with van der Waals surface area (Å²) >= 11 is 0. The monoisotopic (exact) mass is 425 g/mol. The highest BCUT2D eigenvalue weighted by Gasteiger charge is 2.32. The van der Waals surface area contributed by atoms with E-state index < -0.39 is 5.97 Å². The molecule has 1 atom stereocenters. The summed E-state index contributed by atoms with van der Waals surface area (Å²) in [5.41, 5.74) is 3.12. The molecule has 0 spiro atoms. The molecule has 3 heterocycles. The summed E-state index contributed by atoms with van der Waals surface area (Å²) in [4.78, 5) is 24.0. The quantitative estimate of drug-likeness (QED) is 0.563. The van der Waals surface area contributed by atoms with Gasteiger partial charge in [-0.15, -0.1) is 0 Å². The average molecular weight is 425 g/mol. The number of rotatable bonds is 5. The number of nitrogens with zero attached hydrogens (tertiary/aromatic N) is 3. The normalized spacial score (nSPS) is 15.7. The number of esters is 1. The molecule has 8 nitrogen and oxygen atoms in total. The minimum atomic E-state index is -0.427. The zero-order valence-electron chi connectivity index (χ0n) is 18.7. The van der Waals surface area contributed by atoms with Crippen LogP contribution in [-0.4, -0.2) is 43.3 Å². The molecule has 1 aromatic carbocycles. The molecule has 31 heavy (non-hydrogen) atoms. The molecule has 0 N–H and O–H groups in total. The zero-order chi connectivity index (χ0) is 22.3. The van der Waals surface area contributed by atoms with Gasteiger partial charge in [-0.25, -0.2) is 9.78 Å². The molecule has 0 amide bonds. The van der Waals surface area contributed by atoms with Crippen LogP contribution in [0.4, 0.5) is 5.82 Å². The van der Waals surface area contributed by atoms with Gasteiger partial charge in [-0.1, -0.05) is 0 Å². The molecular weight excluding hydrogens is 398 g/mol. The predicted octanol–water partition coefficient (Wildman–Crippen LogP) is 4.16. The van der Waals surface area contributed by atoms with Crippen LogP contribution in [0.2, 0.25) is 0 Å². The van der Waals surface area contributed by atoms with Crippen LogP contribution in [0.1, 0.15) is 53.0 Å². The molecule has 2 aromatic heterocycles. The minimum absolute atomic E-state index is 0.00805. The van der Waals surface area contributed by atoms with Crippen LogP contribution in [-0.2, 0) is 11.2 Å². The number of methoxy groups -OCH3 is 2. The number of anilines is 1. The van der Waals surface area contributed by atoms with Crippen LogP contribution in [0.25, 0.3) is 11.1 Å². The third-order valence-electron chi connectivity index (χ3n) is 5.76. The third kappa shape index (κ3) is 3.45. The van der Waals surface area contributed by atoms with Crippen molar-refractivity contribution < 1.29 is 23.4 Å². The standard InChI is InChI=1S/C23H27N3O5/c1-7-30-23(27)19-13(3)31-22-20(19)21(24-14(4)25-22)26-9-8-15-10-17(28-5)18(29-6)11-16(15)12(26)2/h10-12H,7-9H2,1-6H3/t12-/m1/s1. The van der Waals surface area contributed by atoms with E-state index in [0.29, 0.717) is 39.8 Å². The van der Waals surface area contributed by atoms with E-state index in [1.165, 1.54) is 5.56 Å². The molecule has 0 aliphatic carbocycles. The fraction of sp³-hybridized carbons (Fsp3) is 0.435. The SMILES string of the molecule is CCOC(=O)c1c(C)oc2nc(C)nc(N3CCc4cc(OC)c(OC)cc4[C@H]3C)c12. The first-order valence-electron chi connectivity index (χ1n) is 10.4. The molecule has 0 saturated carbocycles. The van der Waals surface area contributed by atoms with Crippen LogP contribution in [0.3, 0.4) is 0 Å². The molecule has 1 aliphatic heterocycles. The van der Waals surface area contributed by atoms with Crippen molar-refractivity contribution in [2.75, 3.05) is 32.3 Å². The van der Waals surface area contributed by atoms with E-state index in [2.05, 4.69) is 16.8 Å². The van der Waals surface area contributed by atoms with Crippen molar-refractivity contribution in [1.29, 1.82) is 0 Å². The lowest BCUT2D eigenvalue weighted by atomic mass is 9.92. The zero-order valence-corrected chi connectivity index (χ0v) is 18.7. The van der Waals surface area contributed by atoms with Gasteiger partial charge in [0.2, 0.25) is 5.71 Å². The van der Waals surface area contributed by atoms with Crippen molar-refractivity contribution >= 4 is 22.9 Å². The Kier molecular flexibility index (Phi) is 5.47. The summed E-state index contributed by atoms with van der Waals surface area (Å²) in [5, 5.41) is 0.595. The topological polar surface area (TPSA) is 86.9 Å². The Bertz CT molecular complexity index is 1150. The highest BCUT2D eigenvalue weighted by molar-refractivity contribution is 6.08. The van der Waals surface area contributed by atoms with Gasteiger partial charge in [-0.2, -0.15) is 4.98 Å². The van der Waals surface area contributed by atoms with Gasteiger partial charge < -0.3 is 23.5 Å². The van der Waals surface area contributed by atoms with E-state index in [-0.39, 0.29) is 12.6 Å². The van der Waals surface area contributed by atoms with Crippen LogP contribution in [0.5, 0.6) is 11.5 Å². The van der Waals surface area contributed by atoms with E-state index in [9.17, 15) is 4.79 Å². The van der Waals surface area contributed by atoms with Crippen molar-refractivity contribution in [1.82, 2.24) is 9.97 Å². The van der Waals surface area contributed by atoms with Gasteiger partial charge in [-0.05, 0) is 57.4 Å². The predicted molar refractivity (Wildman–Crippen MR) is 116 cm³/mol. The van der Waals surface area contributed by atoms with Crippen molar-refractivity contribution in [3.05, 3.63) is 40.4 Å². The van der Waals surface area contributed by atoms with E-state index in [4.69, 9.17) is 23.6 Å². The smallest absolute Gasteiger partial charge is 0.342 e. The fourth-order valence-electron chi connectivity index (χ4n) is 4.29. The molecule has 0 radical (unpaired) electrons. The Hall–Kier alpha value is -3.29. The molecule has 8 heteroatoms. The number of hydrogen-bond donors (Lipinski definition) is 0. The number of hydrogen-bond acceptors (Lipinski definition) is 8. The third-order valence-corrected chi connectivity index (χ3v) is 5.76. The van der Waals surface area contributed by atoms with Crippen molar-refractivity contribution in [3.8, 4) is 11.5 Å². The van der Waals surface area contributed by atoms with E-state index >= 15 is 0 Å². The number of aromatic nitrogens is 2. The van der Waals surface area contributed by atoms with Gasteiger partial charge >= 0.3 is 5.97 Å². The first-order chi connectivity index (χ1) is 14.9. The van der Waals surface area contributed by atoms with Crippen molar-refractivity contribution in [2.24, 2.45) is 0 Å². The lowest BCUT2D eigenvalue weighted by Gasteiger charge is -2.37. The number of benzene rings is 1. The summed E-state index contributed by atoms with van der Waals surface area (Å²) in [5.74, 6) is 2.71. The number of furan rings is 1. The van der Waals surface area contributed by atoms with Crippen LogP contribution in [0.15, 0.2) is 16.5 Å².